The second-order valence-corrected chi connectivity index (χ2v) is 4.66. The summed E-state index contributed by atoms with van der Waals surface area (Å²) < 4.78 is 5.17. The van der Waals surface area contributed by atoms with Gasteiger partial charge in [0.1, 0.15) is 0 Å². The second kappa shape index (κ2) is 5.46. The zero-order valence-electron chi connectivity index (χ0n) is 9.99. The van der Waals surface area contributed by atoms with E-state index in [4.69, 9.17) is 10.5 Å². The lowest BCUT2D eigenvalue weighted by Crippen LogP contribution is -2.22. The highest BCUT2D eigenvalue weighted by Gasteiger charge is 2.23. The predicted octanol–water partition coefficient (Wildman–Crippen LogP) is 2.68. The molecule has 0 radical (unpaired) electrons. The van der Waals surface area contributed by atoms with Gasteiger partial charge in [-0.2, -0.15) is 0 Å². The van der Waals surface area contributed by atoms with Gasteiger partial charge in [0, 0.05) is 19.8 Å². The highest BCUT2D eigenvalue weighted by Crippen LogP contribution is 2.33. The molecular formula is C14H21NO. The molecule has 0 amide bonds. The van der Waals surface area contributed by atoms with Crippen LogP contribution in [0.1, 0.15) is 36.4 Å². The minimum Gasteiger partial charge on any atom is -0.385 e. The largest absolute Gasteiger partial charge is 0.385 e. The molecule has 2 rings (SSSR count). The molecule has 1 aliphatic rings. The van der Waals surface area contributed by atoms with E-state index >= 15 is 0 Å². The number of rotatable bonds is 3. The van der Waals surface area contributed by atoms with Gasteiger partial charge in [-0.3, -0.25) is 0 Å². The lowest BCUT2D eigenvalue weighted by molar-refractivity contribution is 0.168. The number of aryl methyl sites for hydroxylation is 1. The Hall–Kier alpha value is -0.860. The van der Waals surface area contributed by atoms with Crippen molar-refractivity contribution in [1.82, 2.24) is 0 Å². The maximum atomic E-state index is 6.38. The molecule has 0 aliphatic heterocycles. The molecule has 0 fully saturated rings. The Morgan fingerprint density at radius 3 is 3.00 bits per heavy atom. The Bertz CT molecular complexity index is 335. The van der Waals surface area contributed by atoms with Crippen LogP contribution in [0.15, 0.2) is 24.3 Å². The van der Waals surface area contributed by atoms with Crippen LogP contribution in [-0.4, -0.2) is 13.7 Å². The highest BCUT2D eigenvalue weighted by atomic mass is 16.5. The molecule has 2 unspecified atom stereocenters. The van der Waals surface area contributed by atoms with E-state index < -0.39 is 0 Å². The third kappa shape index (κ3) is 2.45. The van der Waals surface area contributed by atoms with E-state index in [9.17, 15) is 0 Å². The molecule has 2 nitrogen and oxygen atoms in total. The summed E-state index contributed by atoms with van der Waals surface area (Å²) in [5, 5.41) is 0. The summed E-state index contributed by atoms with van der Waals surface area (Å²) in [7, 11) is 1.76. The SMILES string of the molecule is COCCC1CCCc2ccccc2C1N. The fraction of sp³-hybridized carbons (Fsp3) is 0.571. The minimum atomic E-state index is 0.189. The van der Waals surface area contributed by atoms with E-state index in [-0.39, 0.29) is 6.04 Å². The van der Waals surface area contributed by atoms with E-state index in [1.807, 2.05) is 0 Å². The summed E-state index contributed by atoms with van der Waals surface area (Å²) in [6.07, 6.45) is 4.72. The minimum absolute atomic E-state index is 0.189. The van der Waals surface area contributed by atoms with E-state index in [0.29, 0.717) is 5.92 Å². The van der Waals surface area contributed by atoms with Gasteiger partial charge in [0.2, 0.25) is 0 Å². The number of fused-ring (bicyclic) bond motifs is 1. The summed E-state index contributed by atoms with van der Waals surface area (Å²) in [5.41, 5.74) is 9.16. The quantitative estimate of drug-likeness (QED) is 0.793. The van der Waals surface area contributed by atoms with Crippen LogP contribution in [0, 0.1) is 5.92 Å². The number of nitrogens with two attached hydrogens (primary N) is 1. The second-order valence-electron chi connectivity index (χ2n) is 4.66. The van der Waals surface area contributed by atoms with E-state index in [2.05, 4.69) is 24.3 Å². The first-order valence-corrected chi connectivity index (χ1v) is 6.15. The Kier molecular flexibility index (Phi) is 3.97. The van der Waals surface area contributed by atoms with E-state index in [1.165, 1.54) is 30.4 Å². The van der Waals surface area contributed by atoms with Crippen LogP contribution >= 0.6 is 0 Å². The Labute approximate surface area is 97.8 Å². The molecule has 2 heteroatoms. The number of methoxy groups -OCH3 is 1. The van der Waals surface area contributed by atoms with Crippen molar-refractivity contribution in [3.8, 4) is 0 Å². The smallest absolute Gasteiger partial charge is 0.0465 e. The van der Waals surface area contributed by atoms with Crippen LogP contribution in [-0.2, 0) is 11.2 Å². The first-order chi connectivity index (χ1) is 7.83. The van der Waals surface area contributed by atoms with Crippen LogP contribution in [0.25, 0.3) is 0 Å². The van der Waals surface area contributed by atoms with Gasteiger partial charge in [-0.25, -0.2) is 0 Å². The van der Waals surface area contributed by atoms with Gasteiger partial charge >= 0.3 is 0 Å². The predicted molar refractivity (Wildman–Crippen MR) is 66.3 cm³/mol. The van der Waals surface area contributed by atoms with Crippen LogP contribution in [0.4, 0.5) is 0 Å². The number of benzene rings is 1. The summed E-state index contributed by atoms with van der Waals surface area (Å²) in [6, 6.07) is 8.80. The van der Waals surface area contributed by atoms with Crippen LogP contribution in [0.5, 0.6) is 0 Å². The van der Waals surface area contributed by atoms with Gasteiger partial charge in [0.05, 0.1) is 0 Å². The number of ether oxygens (including phenoxy) is 1. The standard InChI is InChI=1S/C14H21NO/c1-16-10-9-12-7-4-6-11-5-2-3-8-13(11)14(12)15/h2-3,5,8,12,14H,4,6-7,9-10,15H2,1H3. The first-order valence-electron chi connectivity index (χ1n) is 6.15. The normalized spacial score (nSPS) is 24.9. The molecule has 16 heavy (non-hydrogen) atoms. The lowest BCUT2D eigenvalue weighted by atomic mass is 9.89. The molecule has 0 aromatic heterocycles. The Morgan fingerprint density at radius 2 is 2.19 bits per heavy atom. The molecule has 0 saturated carbocycles. The lowest BCUT2D eigenvalue weighted by Gasteiger charge is -2.22. The zero-order chi connectivity index (χ0) is 11.4. The fourth-order valence-corrected chi connectivity index (χ4v) is 2.67. The van der Waals surface area contributed by atoms with Crippen LogP contribution in [0.3, 0.4) is 0 Å². The summed E-state index contributed by atoms with van der Waals surface area (Å²) in [4.78, 5) is 0. The van der Waals surface area contributed by atoms with E-state index in [0.717, 1.165) is 13.0 Å². The maximum absolute atomic E-state index is 6.38. The molecule has 1 aliphatic carbocycles. The van der Waals surface area contributed by atoms with Gasteiger partial charge in [0.25, 0.3) is 0 Å². The van der Waals surface area contributed by atoms with Gasteiger partial charge in [-0.05, 0) is 42.7 Å². The maximum Gasteiger partial charge on any atom is 0.0465 e. The van der Waals surface area contributed by atoms with Gasteiger partial charge in [-0.1, -0.05) is 24.3 Å². The fourth-order valence-electron chi connectivity index (χ4n) is 2.67. The average molecular weight is 219 g/mol. The van der Waals surface area contributed by atoms with Gasteiger partial charge in [0.15, 0.2) is 0 Å². The highest BCUT2D eigenvalue weighted by molar-refractivity contribution is 5.31. The molecule has 2 N–H and O–H groups in total. The third-order valence-electron chi connectivity index (χ3n) is 3.64. The van der Waals surface area contributed by atoms with Crippen molar-refractivity contribution in [2.75, 3.05) is 13.7 Å². The molecule has 1 aromatic carbocycles. The van der Waals surface area contributed by atoms with Gasteiger partial charge < -0.3 is 10.5 Å². The Morgan fingerprint density at radius 1 is 1.38 bits per heavy atom. The molecular weight excluding hydrogens is 198 g/mol. The molecule has 0 bridgehead atoms. The van der Waals surface area contributed by atoms with Crippen molar-refractivity contribution >= 4 is 0 Å². The molecule has 1 aromatic rings. The summed E-state index contributed by atoms with van der Waals surface area (Å²) in [6.45, 7) is 0.820. The first kappa shape index (κ1) is 11.6. The van der Waals surface area contributed by atoms with Crippen molar-refractivity contribution in [1.29, 1.82) is 0 Å². The van der Waals surface area contributed by atoms with Crippen molar-refractivity contribution in [2.45, 2.75) is 31.7 Å². The average Bonchev–Trinajstić information content (AvgIpc) is 2.47. The van der Waals surface area contributed by atoms with Crippen molar-refractivity contribution in [3.05, 3.63) is 35.4 Å². The zero-order valence-corrected chi connectivity index (χ0v) is 9.99. The number of hydrogen-bond donors (Lipinski definition) is 1. The molecule has 0 saturated heterocycles. The third-order valence-corrected chi connectivity index (χ3v) is 3.64. The Balaban J connectivity index is 2.16. The topological polar surface area (TPSA) is 35.2 Å². The number of hydrogen-bond acceptors (Lipinski definition) is 2. The summed E-state index contributed by atoms with van der Waals surface area (Å²) in [5.74, 6) is 0.573. The van der Waals surface area contributed by atoms with Crippen molar-refractivity contribution in [3.63, 3.8) is 0 Å². The van der Waals surface area contributed by atoms with Crippen molar-refractivity contribution < 1.29 is 4.74 Å². The van der Waals surface area contributed by atoms with Crippen LogP contribution < -0.4 is 5.73 Å². The molecule has 0 heterocycles. The molecule has 0 spiro atoms. The van der Waals surface area contributed by atoms with Crippen molar-refractivity contribution in [2.24, 2.45) is 11.7 Å². The van der Waals surface area contributed by atoms with E-state index in [1.54, 1.807) is 7.11 Å². The van der Waals surface area contributed by atoms with Gasteiger partial charge in [-0.15, -0.1) is 0 Å². The van der Waals surface area contributed by atoms with Crippen LogP contribution in [0.2, 0.25) is 0 Å². The monoisotopic (exact) mass is 219 g/mol. The molecule has 88 valence electrons. The molecule has 2 atom stereocenters. The summed E-state index contributed by atoms with van der Waals surface area (Å²) >= 11 is 0.